The van der Waals surface area contributed by atoms with E-state index in [1.165, 1.54) is 18.8 Å². The van der Waals surface area contributed by atoms with Gasteiger partial charge < -0.3 is 10.6 Å². The predicted octanol–water partition coefficient (Wildman–Crippen LogP) is 0.686. The van der Waals surface area contributed by atoms with E-state index >= 15 is 0 Å². The Bertz CT molecular complexity index is 845. The molecule has 7 nitrogen and oxygen atoms in total. The Morgan fingerprint density at radius 1 is 1.29 bits per heavy atom. The molecule has 0 saturated heterocycles. The highest BCUT2D eigenvalue weighted by Gasteiger charge is 2.28. The Kier molecular flexibility index (Phi) is 4.84. The number of fused-ring (bicyclic) bond motifs is 1. The van der Waals surface area contributed by atoms with Crippen LogP contribution in [0.15, 0.2) is 34.2 Å². The van der Waals surface area contributed by atoms with E-state index in [9.17, 15) is 14.4 Å². The fraction of sp³-hybridized carbons (Fsp3) is 0.375. The zero-order valence-corrected chi connectivity index (χ0v) is 14.1. The maximum absolute atomic E-state index is 12.7. The Morgan fingerprint density at radius 3 is 2.75 bits per heavy atom. The van der Waals surface area contributed by atoms with Crippen LogP contribution in [0.25, 0.3) is 10.9 Å². The van der Waals surface area contributed by atoms with Gasteiger partial charge >= 0.3 is 0 Å². The molecule has 1 aromatic heterocycles. The lowest BCUT2D eigenvalue weighted by molar-refractivity contribution is -0.124. The fourth-order valence-electron chi connectivity index (χ4n) is 2.33. The van der Waals surface area contributed by atoms with Gasteiger partial charge in [0.1, 0.15) is 0 Å². The zero-order chi connectivity index (χ0) is 17.1. The SMILES string of the molecule is CNC(=O)CNC(=O)CSc1nc2ccccc2c(=O)n1C1CC1. The van der Waals surface area contributed by atoms with Gasteiger partial charge in [-0.15, -0.1) is 0 Å². The summed E-state index contributed by atoms with van der Waals surface area (Å²) in [5.74, 6) is -0.422. The van der Waals surface area contributed by atoms with Gasteiger partial charge in [-0.2, -0.15) is 0 Å². The van der Waals surface area contributed by atoms with E-state index in [-0.39, 0.29) is 35.7 Å². The average molecular weight is 346 g/mol. The van der Waals surface area contributed by atoms with Gasteiger partial charge in [-0.3, -0.25) is 19.0 Å². The Labute approximate surface area is 142 Å². The van der Waals surface area contributed by atoms with Gasteiger partial charge in [0.15, 0.2) is 5.16 Å². The molecule has 1 aliphatic carbocycles. The van der Waals surface area contributed by atoms with Gasteiger partial charge in [0.05, 0.1) is 23.2 Å². The molecule has 1 saturated carbocycles. The van der Waals surface area contributed by atoms with Crippen LogP contribution in [0.3, 0.4) is 0 Å². The standard InChI is InChI=1S/C16H18N4O3S/c1-17-13(21)8-18-14(22)9-24-16-19-12-5-3-2-4-11(12)15(23)20(16)10-6-7-10/h2-5,10H,6-9H2,1H3,(H,17,21)(H,18,22). The number of nitrogens with one attached hydrogen (secondary N) is 2. The van der Waals surface area contributed by atoms with Crippen LogP contribution < -0.4 is 16.2 Å². The number of carbonyl (C=O) groups excluding carboxylic acids is 2. The van der Waals surface area contributed by atoms with Crippen molar-refractivity contribution < 1.29 is 9.59 Å². The van der Waals surface area contributed by atoms with Crippen LogP contribution in [0, 0.1) is 0 Å². The van der Waals surface area contributed by atoms with E-state index in [1.807, 2.05) is 12.1 Å². The Balaban J connectivity index is 1.79. The molecule has 1 heterocycles. The third-order valence-corrected chi connectivity index (χ3v) is 4.70. The number of benzene rings is 1. The molecule has 0 radical (unpaired) electrons. The van der Waals surface area contributed by atoms with Gasteiger partial charge in [-0.05, 0) is 25.0 Å². The first kappa shape index (κ1) is 16.5. The fourth-order valence-corrected chi connectivity index (χ4v) is 3.23. The lowest BCUT2D eigenvalue weighted by Crippen LogP contribution is -2.36. The van der Waals surface area contributed by atoms with Crippen molar-refractivity contribution >= 4 is 34.5 Å². The molecule has 24 heavy (non-hydrogen) atoms. The molecule has 3 rings (SSSR count). The van der Waals surface area contributed by atoms with E-state index in [1.54, 1.807) is 16.7 Å². The van der Waals surface area contributed by atoms with Crippen LogP contribution in [0.4, 0.5) is 0 Å². The molecule has 8 heteroatoms. The van der Waals surface area contributed by atoms with Crippen molar-refractivity contribution in [2.45, 2.75) is 24.0 Å². The molecule has 1 aromatic carbocycles. The first-order valence-corrected chi connectivity index (χ1v) is 8.70. The van der Waals surface area contributed by atoms with Crippen LogP contribution in [0.2, 0.25) is 0 Å². The van der Waals surface area contributed by atoms with Gasteiger partial charge in [0.25, 0.3) is 5.56 Å². The highest BCUT2D eigenvalue weighted by Crippen LogP contribution is 2.36. The number of para-hydroxylation sites is 1. The first-order chi connectivity index (χ1) is 11.6. The number of aromatic nitrogens is 2. The maximum atomic E-state index is 12.7. The van der Waals surface area contributed by atoms with Crippen LogP contribution in [-0.4, -0.2) is 40.7 Å². The topological polar surface area (TPSA) is 93.1 Å². The first-order valence-electron chi connectivity index (χ1n) is 7.71. The number of amides is 2. The van der Waals surface area contributed by atoms with Gasteiger partial charge in [-0.25, -0.2) is 4.98 Å². The summed E-state index contributed by atoms with van der Waals surface area (Å²) in [6, 6.07) is 7.39. The van der Waals surface area contributed by atoms with E-state index in [0.29, 0.717) is 16.1 Å². The van der Waals surface area contributed by atoms with Crippen LogP contribution >= 0.6 is 11.8 Å². The number of rotatable bonds is 6. The Hall–Kier alpha value is -2.35. The monoisotopic (exact) mass is 346 g/mol. The van der Waals surface area contributed by atoms with E-state index < -0.39 is 0 Å². The molecule has 126 valence electrons. The summed E-state index contributed by atoms with van der Waals surface area (Å²) < 4.78 is 1.69. The summed E-state index contributed by atoms with van der Waals surface area (Å²) in [7, 11) is 1.51. The molecule has 2 N–H and O–H groups in total. The van der Waals surface area contributed by atoms with E-state index in [2.05, 4.69) is 15.6 Å². The second-order valence-corrected chi connectivity index (χ2v) is 6.50. The number of carbonyl (C=O) groups is 2. The van der Waals surface area contributed by atoms with Crippen molar-refractivity contribution in [1.82, 2.24) is 20.2 Å². The van der Waals surface area contributed by atoms with Crippen molar-refractivity contribution in [2.24, 2.45) is 0 Å². The number of thioether (sulfide) groups is 1. The normalized spacial score (nSPS) is 13.7. The van der Waals surface area contributed by atoms with Crippen molar-refractivity contribution in [3.63, 3.8) is 0 Å². The smallest absolute Gasteiger partial charge is 0.262 e. The van der Waals surface area contributed by atoms with Gasteiger partial charge in [-0.1, -0.05) is 23.9 Å². The molecule has 0 spiro atoms. The molecule has 1 aliphatic rings. The lowest BCUT2D eigenvalue weighted by Gasteiger charge is -2.12. The van der Waals surface area contributed by atoms with Gasteiger partial charge in [0.2, 0.25) is 11.8 Å². The largest absolute Gasteiger partial charge is 0.358 e. The summed E-state index contributed by atoms with van der Waals surface area (Å²) in [4.78, 5) is 40.2. The highest BCUT2D eigenvalue weighted by atomic mass is 32.2. The van der Waals surface area contributed by atoms with Crippen molar-refractivity contribution in [2.75, 3.05) is 19.3 Å². The molecule has 1 fully saturated rings. The van der Waals surface area contributed by atoms with E-state index in [4.69, 9.17) is 0 Å². The third kappa shape index (κ3) is 3.59. The second-order valence-electron chi connectivity index (χ2n) is 5.56. The van der Waals surface area contributed by atoms with Crippen molar-refractivity contribution in [1.29, 1.82) is 0 Å². The second kappa shape index (κ2) is 7.04. The van der Waals surface area contributed by atoms with Crippen LogP contribution in [0.5, 0.6) is 0 Å². The number of hydrogen-bond acceptors (Lipinski definition) is 5. The minimum absolute atomic E-state index is 0.0589. The summed E-state index contributed by atoms with van der Waals surface area (Å²) >= 11 is 1.22. The number of likely N-dealkylation sites (N-methyl/N-ethyl adjacent to an activating group) is 1. The van der Waals surface area contributed by atoms with Crippen LogP contribution in [0.1, 0.15) is 18.9 Å². The molecule has 2 amide bonds. The molecule has 2 aromatic rings. The third-order valence-electron chi connectivity index (χ3n) is 3.74. The van der Waals surface area contributed by atoms with Gasteiger partial charge in [0, 0.05) is 13.1 Å². The molecule has 0 atom stereocenters. The number of hydrogen-bond donors (Lipinski definition) is 2. The minimum Gasteiger partial charge on any atom is -0.358 e. The molecule has 0 unspecified atom stereocenters. The Morgan fingerprint density at radius 2 is 2.04 bits per heavy atom. The molecule has 0 aliphatic heterocycles. The van der Waals surface area contributed by atoms with Crippen molar-refractivity contribution in [3.8, 4) is 0 Å². The minimum atomic E-state index is -0.270. The maximum Gasteiger partial charge on any atom is 0.262 e. The lowest BCUT2D eigenvalue weighted by atomic mass is 10.2. The van der Waals surface area contributed by atoms with Crippen molar-refractivity contribution in [3.05, 3.63) is 34.6 Å². The summed E-state index contributed by atoms with van der Waals surface area (Å²) in [5.41, 5.74) is 0.573. The molecular weight excluding hydrogens is 328 g/mol. The zero-order valence-electron chi connectivity index (χ0n) is 13.2. The average Bonchev–Trinajstić information content (AvgIpc) is 3.42. The summed E-state index contributed by atoms with van der Waals surface area (Å²) in [5, 5.41) is 6.12. The quantitative estimate of drug-likeness (QED) is 0.593. The molecule has 0 bridgehead atoms. The summed E-state index contributed by atoms with van der Waals surface area (Å²) in [6.45, 7) is -0.0591. The summed E-state index contributed by atoms with van der Waals surface area (Å²) in [6.07, 6.45) is 1.91. The predicted molar refractivity (Wildman–Crippen MR) is 92.1 cm³/mol. The van der Waals surface area contributed by atoms with E-state index in [0.717, 1.165) is 12.8 Å². The van der Waals surface area contributed by atoms with Crippen LogP contribution in [-0.2, 0) is 9.59 Å². The molecular formula is C16H18N4O3S. The highest BCUT2D eigenvalue weighted by molar-refractivity contribution is 7.99. The number of nitrogens with zero attached hydrogens (tertiary/aromatic N) is 2.